The molecule has 0 radical (unpaired) electrons. The van der Waals surface area contributed by atoms with Crippen LogP contribution < -0.4 is 14.9 Å². The number of nitrogens with one attached hydrogen (secondary N) is 1. The van der Waals surface area contributed by atoms with Gasteiger partial charge in [-0.15, -0.1) is 0 Å². The first-order valence-corrected chi connectivity index (χ1v) is 12.5. The number of hydrogen-bond donors (Lipinski definition) is 3. The largest absolute Gasteiger partial charge is 0.502 e. The number of ether oxygens (including phenoxy) is 2. The number of aromatic nitrogens is 1. The number of aliphatic carboxylic acids is 1. The number of aryl methyl sites for hydroxylation is 1. The van der Waals surface area contributed by atoms with Gasteiger partial charge >= 0.3 is 5.97 Å². The van der Waals surface area contributed by atoms with Gasteiger partial charge in [-0.2, -0.15) is 0 Å². The molecule has 0 bridgehead atoms. The second kappa shape index (κ2) is 10.6. The third-order valence-electron chi connectivity index (χ3n) is 6.94. The number of amides is 1. The average Bonchev–Trinajstić information content (AvgIpc) is 3.30. The summed E-state index contributed by atoms with van der Waals surface area (Å²) in [7, 11) is 1.41. The number of para-hydroxylation sites is 1. The van der Waals surface area contributed by atoms with Crippen LogP contribution in [-0.2, 0) is 22.6 Å². The molecule has 202 valence electrons. The molecule has 2 aromatic heterocycles. The lowest BCUT2D eigenvalue weighted by molar-refractivity contribution is -0.139. The summed E-state index contributed by atoms with van der Waals surface area (Å²) < 4.78 is 16.5. The van der Waals surface area contributed by atoms with Gasteiger partial charge in [0.05, 0.1) is 19.6 Å². The number of benzene rings is 2. The molecule has 10 heteroatoms. The van der Waals surface area contributed by atoms with Gasteiger partial charge in [0.15, 0.2) is 23.9 Å². The lowest BCUT2D eigenvalue weighted by atomic mass is 9.90. The zero-order chi connectivity index (χ0) is 27.7. The molecule has 1 aliphatic heterocycles. The third kappa shape index (κ3) is 5.18. The molecular weight excluding hydrogens is 504 g/mol. The maximum absolute atomic E-state index is 13.6. The summed E-state index contributed by atoms with van der Waals surface area (Å²) in [6.45, 7) is 1.96. The molecule has 39 heavy (non-hydrogen) atoms. The summed E-state index contributed by atoms with van der Waals surface area (Å²) in [6, 6.07) is 14.0. The first-order valence-electron chi connectivity index (χ1n) is 12.5. The Hall–Kier alpha value is -4.73. The van der Waals surface area contributed by atoms with E-state index >= 15 is 0 Å². The molecule has 0 saturated heterocycles. The number of aromatic amines is 1. The maximum atomic E-state index is 13.6. The molecule has 3 heterocycles. The van der Waals surface area contributed by atoms with E-state index in [4.69, 9.17) is 19.0 Å². The van der Waals surface area contributed by atoms with E-state index in [1.165, 1.54) is 24.8 Å². The molecule has 0 aliphatic carbocycles. The molecule has 0 saturated carbocycles. The van der Waals surface area contributed by atoms with E-state index in [0.717, 1.165) is 16.6 Å². The molecule has 1 unspecified atom stereocenters. The number of hydrogen-bond acceptors (Lipinski definition) is 7. The molecule has 10 nitrogen and oxygen atoms in total. The van der Waals surface area contributed by atoms with E-state index in [1.54, 1.807) is 24.0 Å². The van der Waals surface area contributed by atoms with Gasteiger partial charge in [0.1, 0.15) is 5.76 Å². The van der Waals surface area contributed by atoms with Crippen molar-refractivity contribution in [3.63, 3.8) is 0 Å². The first-order chi connectivity index (χ1) is 18.7. The number of H-pyrrole nitrogens is 1. The fourth-order valence-corrected chi connectivity index (χ4v) is 5.09. The normalized spacial score (nSPS) is 13.6. The summed E-state index contributed by atoms with van der Waals surface area (Å²) in [6.07, 6.45) is 0.609. The number of carboxylic acids is 1. The van der Waals surface area contributed by atoms with E-state index in [2.05, 4.69) is 11.1 Å². The number of methoxy groups -OCH3 is 1. The Bertz CT molecular complexity index is 1620. The highest BCUT2D eigenvalue weighted by atomic mass is 16.5. The van der Waals surface area contributed by atoms with Crippen molar-refractivity contribution in [2.75, 3.05) is 20.3 Å². The Balaban J connectivity index is 1.48. The predicted molar refractivity (Wildman–Crippen MR) is 141 cm³/mol. The third-order valence-corrected chi connectivity index (χ3v) is 6.94. The SMILES string of the molecule is COc1cc(C(CC(=O)N2CCc3c([nH]c4ccccc34)C2)c2oc(C)cc(=O)c2O)ccc1OCC(=O)O. The molecule has 5 rings (SSSR count). The molecule has 1 amide bonds. The fourth-order valence-electron chi connectivity index (χ4n) is 5.09. The topological polar surface area (TPSA) is 142 Å². The van der Waals surface area contributed by atoms with Crippen molar-refractivity contribution in [1.82, 2.24) is 9.88 Å². The van der Waals surface area contributed by atoms with Gasteiger partial charge in [0, 0.05) is 35.6 Å². The van der Waals surface area contributed by atoms with E-state index in [9.17, 15) is 19.5 Å². The summed E-state index contributed by atoms with van der Waals surface area (Å²) in [5, 5.41) is 20.8. The monoisotopic (exact) mass is 532 g/mol. The van der Waals surface area contributed by atoms with Crippen molar-refractivity contribution < 1.29 is 33.7 Å². The molecule has 3 N–H and O–H groups in total. The Morgan fingerprint density at radius 2 is 1.95 bits per heavy atom. The molecule has 1 atom stereocenters. The summed E-state index contributed by atoms with van der Waals surface area (Å²) in [5.74, 6) is -2.02. The van der Waals surface area contributed by atoms with Gasteiger partial charge in [-0.3, -0.25) is 9.59 Å². The van der Waals surface area contributed by atoms with Crippen molar-refractivity contribution >= 4 is 22.8 Å². The Kier molecular flexibility index (Phi) is 7.02. The number of rotatable bonds is 8. The van der Waals surface area contributed by atoms with Gasteiger partial charge in [0.2, 0.25) is 17.1 Å². The summed E-state index contributed by atoms with van der Waals surface area (Å²) in [4.78, 5) is 42.2. The van der Waals surface area contributed by atoms with Gasteiger partial charge < -0.3 is 34.0 Å². The number of aromatic hydroxyl groups is 1. The molecule has 0 fully saturated rings. The van der Waals surface area contributed by atoms with Crippen LogP contribution in [0, 0.1) is 6.92 Å². The van der Waals surface area contributed by atoms with Crippen LogP contribution in [0.25, 0.3) is 10.9 Å². The first kappa shape index (κ1) is 25.9. The van der Waals surface area contributed by atoms with E-state index in [1.807, 2.05) is 18.2 Å². The highest BCUT2D eigenvalue weighted by molar-refractivity contribution is 5.86. The second-order valence-electron chi connectivity index (χ2n) is 9.48. The van der Waals surface area contributed by atoms with Crippen molar-refractivity contribution in [1.29, 1.82) is 0 Å². The minimum Gasteiger partial charge on any atom is -0.502 e. The van der Waals surface area contributed by atoms with Crippen molar-refractivity contribution in [2.24, 2.45) is 0 Å². The van der Waals surface area contributed by atoms with Crippen molar-refractivity contribution in [3.05, 3.63) is 87.1 Å². The van der Waals surface area contributed by atoms with E-state index < -0.39 is 29.7 Å². The van der Waals surface area contributed by atoms with Gasteiger partial charge in [-0.05, 0) is 42.7 Å². The quantitative estimate of drug-likeness (QED) is 0.312. The Labute approximate surface area is 223 Å². The summed E-state index contributed by atoms with van der Waals surface area (Å²) in [5.41, 5.74) is 3.13. The minimum atomic E-state index is -1.14. The maximum Gasteiger partial charge on any atom is 0.341 e. The lowest BCUT2D eigenvalue weighted by Gasteiger charge is -2.29. The van der Waals surface area contributed by atoms with Crippen molar-refractivity contribution in [3.8, 4) is 17.2 Å². The number of carbonyl (C=O) groups is 2. The number of carboxylic acid groups (broad SMARTS) is 1. The van der Waals surface area contributed by atoms with Crippen molar-refractivity contribution in [2.45, 2.75) is 32.2 Å². The number of fused-ring (bicyclic) bond motifs is 3. The predicted octanol–water partition coefficient (Wildman–Crippen LogP) is 3.71. The highest BCUT2D eigenvalue weighted by Crippen LogP contribution is 2.38. The average molecular weight is 533 g/mol. The van der Waals surface area contributed by atoms with E-state index in [-0.39, 0.29) is 29.6 Å². The van der Waals surface area contributed by atoms with Crippen LogP contribution in [0.1, 0.15) is 40.7 Å². The second-order valence-corrected chi connectivity index (χ2v) is 9.48. The van der Waals surface area contributed by atoms with Crippen LogP contribution in [0.5, 0.6) is 17.2 Å². The van der Waals surface area contributed by atoms with Crippen LogP contribution in [0.3, 0.4) is 0 Å². The van der Waals surface area contributed by atoms with Crippen LogP contribution >= 0.6 is 0 Å². The zero-order valence-corrected chi connectivity index (χ0v) is 21.5. The highest BCUT2D eigenvalue weighted by Gasteiger charge is 2.31. The molecule has 4 aromatic rings. The molecule has 0 spiro atoms. The number of carbonyl (C=O) groups excluding carboxylic acids is 1. The van der Waals surface area contributed by atoms with Gasteiger partial charge in [-0.1, -0.05) is 24.3 Å². The van der Waals surface area contributed by atoms with E-state index in [0.29, 0.717) is 30.8 Å². The lowest BCUT2D eigenvalue weighted by Crippen LogP contribution is -2.36. The molecule has 2 aromatic carbocycles. The van der Waals surface area contributed by atoms with Crippen LogP contribution in [0.2, 0.25) is 0 Å². The summed E-state index contributed by atoms with van der Waals surface area (Å²) >= 11 is 0. The van der Waals surface area contributed by atoms with Crippen LogP contribution in [0.4, 0.5) is 0 Å². The minimum absolute atomic E-state index is 0.0297. The smallest absolute Gasteiger partial charge is 0.341 e. The van der Waals surface area contributed by atoms with Gasteiger partial charge in [-0.25, -0.2) is 4.79 Å². The molecular formula is C29H28N2O8. The zero-order valence-electron chi connectivity index (χ0n) is 21.5. The van der Waals surface area contributed by atoms with Crippen LogP contribution in [0.15, 0.2) is 57.7 Å². The molecule has 1 aliphatic rings. The Morgan fingerprint density at radius 1 is 1.15 bits per heavy atom. The fraction of sp³-hybridized carbons (Fsp3) is 0.276. The number of nitrogens with zero attached hydrogens (tertiary/aromatic N) is 1. The standard InChI is InChI=1S/C29H28N2O8/c1-16-11-23(32)28(36)29(39-16)20(17-7-8-24(25(12-17)37-2)38-15-27(34)35)13-26(33)31-10-9-19-18-5-3-4-6-21(18)30-22(19)14-31/h3-8,11-12,20,30,36H,9-10,13-15H2,1-2H3,(H,34,35). The van der Waals surface area contributed by atoms with Crippen LogP contribution in [-0.4, -0.2) is 52.2 Å². The van der Waals surface area contributed by atoms with Gasteiger partial charge in [0.25, 0.3) is 0 Å². The Morgan fingerprint density at radius 3 is 2.72 bits per heavy atom.